The number of likely N-dealkylation sites (N-methyl/N-ethyl adjacent to an activating group) is 1. The predicted molar refractivity (Wildman–Crippen MR) is 47.0 cm³/mol. The summed E-state index contributed by atoms with van der Waals surface area (Å²) < 4.78 is 0. The molecule has 0 radical (unpaired) electrons. The second-order valence-electron chi connectivity index (χ2n) is 2.78. The molecule has 0 saturated carbocycles. The van der Waals surface area contributed by atoms with Crippen LogP contribution in [0.4, 0.5) is 0 Å². The summed E-state index contributed by atoms with van der Waals surface area (Å²) in [6, 6.07) is 0.428. The van der Waals surface area contributed by atoms with Gasteiger partial charge in [0, 0.05) is 26.6 Å². The molecule has 11 heavy (non-hydrogen) atoms. The topological polar surface area (TPSA) is 32.3 Å². The molecule has 0 aliphatic carbocycles. The zero-order valence-corrected chi connectivity index (χ0v) is 7.78. The zero-order valence-electron chi connectivity index (χ0n) is 6.96. The third kappa shape index (κ3) is 2.67. The molecule has 1 saturated heterocycles. The summed E-state index contributed by atoms with van der Waals surface area (Å²) in [5, 5.41) is 3.21. The number of carbonyl (C=O) groups excluding carboxylic acids is 1. The van der Waals surface area contributed by atoms with Gasteiger partial charge in [-0.05, 0) is 13.0 Å². The molecule has 0 aromatic rings. The van der Waals surface area contributed by atoms with Gasteiger partial charge < -0.3 is 10.2 Å². The first-order valence-corrected chi connectivity index (χ1v) is 3.66. The van der Waals surface area contributed by atoms with E-state index in [4.69, 9.17) is 0 Å². The molecule has 0 aromatic carbocycles. The molecule has 4 heteroatoms. The third-order valence-corrected chi connectivity index (χ3v) is 2.08. The Bertz CT molecular complexity index is 134. The van der Waals surface area contributed by atoms with Gasteiger partial charge in [0.15, 0.2) is 0 Å². The van der Waals surface area contributed by atoms with E-state index in [1.54, 1.807) is 11.8 Å². The van der Waals surface area contributed by atoms with Crippen LogP contribution < -0.4 is 5.32 Å². The minimum atomic E-state index is 0. The van der Waals surface area contributed by atoms with Crippen LogP contribution in [0.15, 0.2) is 0 Å². The molecule has 1 aliphatic heterocycles. The lowest BCUT2D eigenvalue weighted by molar-refractivity contribution is -0.129. The van der Waals surface area contributed by atoms with Crippen LogP contribution in [0.1, 0.15) is 13.3 Å². The predicted octanol–water partition coefficient (Wildman–Crippen LogP) is 0.248. The molecule has 0 spiro atoms. The van der Waals surface area contributed by atoms with Crippen molar-refractivity contribution in [3.63, 3.8) is 0 Å². The number of hydrogen-bond acceptors (Lipinski definition) is 2. The monoisotopic (exact) mass is 178 g/mol. The Morgan fingerprint density at radius 1 is 1.64 bits per heavy atom. The van der Waals surface area contributed by atoms with Crippen LogP contribution in [-0.4, -0.2) is 37.0 Å². The molecular weight excluding hydrogens is 164 g/mol. The summed E-state index contributed by atoms with van der Waals surface area (Å²) in [5.41, 5.74) is 0. The van der Waals surface area contributed by atoms with Gasteiger partial charge in [0.2, 0.25) is 5.91 Å². The van der Waals surface area contributed by atoms with Crippen LogP contribution in [-0.2, 0) is 4.79 Å². The number of nitrogens with zero attached hydrogens (tertiary/aromatic N) is 1. The van der Waals surface area contributed by atoms with E-state index in [2.05, 4.69) is 5.32 Å². The molecule has 1 amide bonds. The minimum Gasteiger partial charge on any atom is -0.342 e. The molecule has 1 rings (SSSR count). The van der Waals surface area contributed by atoms with Gasteiger partial charge >= 0.3 is 0 Å². The third-order valence-electron chi connectivity index (χ3n) is 2.08. The molecule has 1 aliphatic rings. The van der Waals surface area contributed by atoms with Crippen LogP contribution in [0.3, 0.4) is 0 Å². The van der Waals surface area contributed by atoms with E-state index in [0.29, 0.717) is 6.04 Å². The van der Waals surface area contributed by atoms with Crippen molar-refractivity contribution in [1.82, 2.24) is 10.2 Å². The van der Waals surface area contributed by atoms with E-state index in [-0.39, 0.29) is 18.3 Å². The number of rotatable bonds is 1. The number of carbonyl (C=O) groups is 1. The maximum atomic E-state index is 10.8. The maximum absolute atomic E-state index is 10.8. The van der Waals surface area contributed by atoms with Crippen LogP contribution in [0, 0.1) is 0 Å². The second kappa shape index (κ2) is 4.57. The van der Waals surface area contributed by atoms with Crippen LogP contribution >= 0.6 is 12.4 Å². The van der Waals surface area contributed by atoms with Crippen molar-refractivity contribution < 1.29 is 4.79 Å². The summed E-state index contributed by atoms with van der Waals surface area (Å²) in [6.45, 7) is 3.61. The smallest absolute Gasteiger partial charge is 0.219 e. The van der Waals surface area contributed by atoms with E-state index >= 15 is 0 Å². The summed E-state index contributed by atoms with van der Waals surface area (Å²) in [6.07, 6.45) is 1.09. The molecule has 66 valence electrons. The summed E-state index contributed by atoms with van der Waals surface area (Å²) in [5.74, 6) is 0.161. The quantitative estimate of drug-likeness (QED) is 0.625. The van der Waals surface area contributed by atoms with E-state index in [1.807, 2.05) is 7.05 Å². The normalized spacial score (nSPS) is 22.5. The van der Waals surface area contributed by atoms with Crippen molar-refractivity contribution >= 4 is 18.3 Å². The lowest BCUT2D eigenvalue weighted by Crippen LogP contribution is -2.36. The number of nitrogens with one attached hydrogen (secondary N) is 1. The van der Waals surface area contributed by atoms with Gasteiger partial charge in [-0.2, -0.15) is 0 Å². The lowest BCUT2D eigenvalue weighted by Gasteiger charge is -2.21. The fraction of sp³-hybridized carbons (Fsp3) is 0.857. The zero-order chi connectivity index (χ0) is 7.56. The van der Waals surface area contributed by atoms with Crippen molar-refractivity contribution in [2.45, 2.75) is 19.4 Å². The average molecular weight is 179 g/mol. The van der Waals surface area contributed by atoms with E-state index < -0.39 is 0 Å². The van der Waals surface area contributed by atoms with Gasteiger partial charge in [0.1, 0.15) is 0 Å². The molecule has 1 N–H and O–H groups in total. The fourth-order valence-corrected chi connectivity index (χ4v) is 1.23. The molecule has 3 nitrogen and oxygen atoms in total. The highest BCUT2D eigenvalue weighted by atomic mass is 35.5. The Balaban J connectivity index is 0.000001000. The highest BCUT2D eigenvalue weighted by molar-refractivity contribution is 5.85. The Kier molecular flexibility index (Phi) is 4.45. The van der Waals surface area contributed by atoms with E-state index in [9.17, 15) is 4.79 Å². The maximum Gasteiger partial charge on any atom is 0.219 e. The van der Waals surface area contributed by atoms with Gasteiger partial charge in [-0.25, -0.2) is 0 Å². The van der Waals surface area contributed by atoms with Gasteiger partial charge in [-0.1, -0.05) is 0 Å². The highest BCUT2D eigenvalue weighted by Gasteiger charge is 2.20. The van der Waals surface area contributed by atoms with Crippen LogP contribution in [0.2, 0.25) is 0 Å². The molecule has 0 aromatic heterocycles. The second-order valence-corrected chi connectivity index (χ2v) is 2.78. The van der Waals surface area contributed by atoms with Crippen molar-refractivity contribution in [3.8, 4) is 0 Å². The molecular formula is C7H15ClN2O. The average Bonchev–Trinajstić information content (AvgIpc) is 2.36. The number of halogens is 1. The Morgan fingerprint density at radius 3 is 2.64 bits per heavy atom. The fourth-order valence-electron chi connectivity index (χ4n) is 1.23. The molecule has 0 bridgehead atoms. The molecule has 0 unspecified atom stereocenters. The number of hydrogen-bond donors (Lipinski definition) is 1. The van der Waals surface area contributed by atoms with Crippen molar-refractivity contribution in [2.24, 2.45) is 0 Å². The van der Waals surface area contributed by atoms with Crippen LogP contribution in [0.25, 0.3) is 0 Å². The van der Waals surface area contributed by atoms with Gasteiger partial charge in [0.05, 0.1) is 0 Å². The van der Waals surface area contributed by atoms with Gasteiger partial charge in [0.25, 0.3) is 0 Å². The van der Waals surface area contributed by atoms with Crippen molar-refractivity contribution in [1.29, 1.82) is 0 Å². The first kappa shape index (κ1) is 10.7. The Morgan fingerprint density at radius 2 is 2.27 bits per heavy atom. The lowest BCUT2D eigenvalue weighted by atomic mass is 10.2. The van der Waals surface area contributed by atoms with Crippen LogP contribution in [0.5, 0.6) is 0 Å². The molecule has 1 fully saturated rings. The Labute approximate surface area is 73.5 Å². The highest BCUT2D eigenvalue weighted by Crippen LogP contribution is 2.05. The van der Waals surface area contributed by atoms with Crippen molar-refractivity contribution in [3.05, 3.63) is 0 Å². The summed E-state index contributed by atoms with van der Waals surface area (Å²) in [4.78, 5) is 12.6. The summed E-state index contributed by atoms with van der Waals surface area (Å²) in [7, 11) is 1.86. The van der Waals surface area contributed by atoms with Gasteiger partial charge in [-0.15, -0.1) is 12.4 Å². The number of amides is 1. The molecule has 1 atom stereocenters. The first-order valence-electron chi connectivity index (χ1n) is 3.66. The largest absolute Gasteiger partial charge is 0.342 e. The first-order chi connectivity index (χ1) is 4.72. The van der Waals surface area contributed by atoms with E-state index in [1.165, 1.54) is 0 Å². The van der Waals surface area contributed by atoms with Crippen molar-refractivity contribution in [2.75, 3.05) is 20.1 Å². The minimum absolute atomic E-state index is 0. The SMILES string of the molecule is CC(=O)N(C)[C@H]1CCNC1.Cl. The molecule has 1 heterocycles. The van der Waals surface area contributed by atoms with E-state index in [0.717, 1.165) is 19.5 Å². The van der Waals surface area contributed by atoms with Gasteiger partial charge in [-0.3, -0.25) is 4.79 Å². The summed E-state index contributed by atoms with van der Waals surface area (Å²) >= 11 is 0. The standard InChI is InChI=1S/C7H14N2O.ClH/c1-6(10)9(2)7-3-4-8-5-7;/h7-8H,3-5H2,1-2H3;1H/t7-;/m0./s1. The Hall–Kier alpha value is -0.280.